The van der Waals surface area contributed by atoms with Crippen LogP contribution in [0, 0.1) is 5.92 Å². The molecule has 2 aliphatic rings. The summed E-state index contributed by atoms with van der Waals surface area (Å²) in [5, 5.41) is 9.70. The maximum Gasteiger partial charge on any atom is 0.0772 e. The van der Waals surface area contributed by atoms with E-state index in [1.54, 1.807) is 0 Å². The monoisotopic (exact) mass is 323 g/mol. The molecule has 1 N–H and O–H groups in total. The second-order valence-corrected chi connectivity index (χ2v) is 6.83. The van der Waals surface area contributed by atoms with Gasteiger partial charge in [-0.25, -0.2) is 0 Å². The first kappa shape index (κ1) is 13.4. The summed E-state index contributed by atoms with van der Waals surface area (Å²) < 4.78 is 1.03. The Morgan fingerprint density at radius 3 is 2.79 bits per heavy atom. The summed E-state index contributed by atoms with van der Waals surface area (Å²) in [5.74, 6) is 0.906. The zero-order valence-electron chi connectivity index (χ0n) is 11.5. The Morgan fingerprint density at radius 1 is 1.26 bits per heavy atom. The second-order valence-electron chi connectivity index (χ2n) is 5.98. The largest absolute Gasteiger partial charge is 0.389 e. The van der Waals surface area contributed by atoms with E-state index >= 15 is 0 Å². The third-order valence-electron chi connectivity index (χ3n) is 4.78. The predicted octanol–water partition coefficient (Wildman–Crippen LogP) is 4.27. The van der Waals surface area contributed by atoms with Crippen LogP contribution in [0.15, 0.2) is 22.7 Å². The minimum atomic E-state index is -0.413. The second kappa shape index (κ2) is 5.45. The van der Waals surface area contributed by atoms with E-state index in [2.05, 4.69) is 39.0 Å². The maximum atomic E-state index is 9.70. The molecule has 3 unspecified atom stereocenters. The molecule has 1 aliphatic heterocycles. The molecule has 1 saturated heterocycles. The van der Waals surface area contributed by atoms with Crippen LogP contribution in [0.1, 0.15) is 50.7 Å². The highest BCUT2D eigenvalue weighted by atomic mass is 79.9. The van der Waals surface area contributed by atoms with Crippen LogP contribution in [-0.4, -0.2) is 17.7 Å². The fourth-order valence-electron chi connectivity index (χ4n) is 3.76. The highest BCUT2D eigenvalue weighted by Gasteiger charge is 2.35. The van der Waals surface area contributed by atoms with Gasteiger partial charge in [-0.2, -0.15) is 0 Å². The number of hydrogen-bond acceptors (Lipinski definition) is 2. The van der Waals surface area contributed by atoms with E-state index in [1.807, 2.05) is 6.92 Å². The quantitative estimate of drug-likeness (QED) is 0.878. The van der Waals surface area contributed by atoms with E-state index < -0.39 is 6.10 Å². The molecule has 3 atom stereocenters. The van der Waals surface area contributed by atoms with Crippen LogP contribution >= 0.6 is 15.9 Å². The molecule has 1 saturated carbocycles. The lowest BCUT2D eigenvalue weighted by molar-refractivity contribution is 0.198. The molecule has 1 aliphatic carbocycles. The van der Waals surface area contributed by atoms with E-state index in [1.165, 1.54) is 44.3 Å². The summed E-state index contributed by atoms with van der Waals surface area (Å²) in [7, 11) is 0. The molecule has 3 rings (SSSR count). The van der Waals surface area contributed by atoms with Crippen molar-refractivity contribution in [2.45, 2.75) is 51.2 Å². The Morgan fingerprint density at radius 2 is 2.05 bits per heavy atom. The molecule has 1 aromatic carbocycles. The molecular formula is C16H22BrNO. The lowest BCUT2D eigenvalue weighted by Gasteiger charge is -2.33. The van der Waals surface area contributed by atoms with Crippen LogP contribution < -0.4 is 4.90 Å². The zero-order valence-corrected chi connectivity index (χ0v) is 13.1. The zero-order chi connectivity index (χ0) is 13.4. The minimum Gasteiger partial charge on any atom is -0.389 e. The maximum absolute atomic E-state index is 9.70. The average Bonchev–Trinajstić information content (AvgIpc) is 2.82. The van der Waals surface area contributed by atoms with Crippen molar-refractivity contribution < 1.29 is 5.11 Å². The molecule has 2 fully saturated rings. The number of aliphatic hydroxyl groups is 1. The van der Waals surface area contributed by atoms with E-state index in [0.717, 1.165) is 22.0 Å². The molecular weight excluding hydrogens is 302 g/mol. The number of benzene rings is 1. The van der Waals surface area contributed by atoms with Crippen LogP contribution in [0.4, 0.5) is 5.69 Å². The van der Waals surface area contributed by atoms with E-state index in [4.69, 9.17) is 0 Å². The number of hydrogen-bond donors (Lipinski definition) is 1. The van der Waals surface area contributed by atoms with Crippen molar-refractivity contribution in [1.82, 2.24) is 0 Å². The van der Waals surface area contributed by atoms with Crippen LogP contribution in [-0.2, 0) is 0 Å². The van der Waals surface area contributed by atoms with Crippen molar-refractivity contribution in [2.24, 2.45) is 5.92 Å². The lowest BCUT2D eigenvalue weighted by Crippen LogP contribution is -2.34. The SMILES string of the molecule is CC(O)c1ccc(N2CCC3CCCCC32)cc1Br. The third kappa shape index (κ3) is 2.55. The molecule has 1 heterocycles. The number of halogens is 1. The molecule has 104 valence electrons. The van der Waals surface area contributed by atoms with Gasteiger partial charge in [-0.15, -0.1) is 0 Å². The number of fused-ring (bicyclic) bond motifs is 1. The summed E-state index contributed by atoms with van der Waals surface area (Å²) in [6.07, 6.45) is 6.49. The first-order chi connectivity index (χ1) is 9.16. The van der Waals surface area contributed by atoms with E-state index in [0.29, 0.717) is 0 Å². The molecule has 3 heteroatoms. The van der Waals surface area contributed by atoms with Crippen molar-refractivity contribution in [1.29, 1.82) is 0 Å². The standard InChI is InChI=1S/C16H22BrNO/c1-11(19)14-7-6-13(10-15(14)17)18-9-8-12-4-2-3-5-16(12)18/h6-7,10-12,16,19H,2-5,8-9H2,1H3. The van der Waals surface area contributed by atoms with Crippen LogP contribution in [0.2, 0.25) is 0 Å². The third-order valence-corrected chi connectivity index (χ3v) is 5.46. The topological polar surface area (TPSA) is 23.5 Å². The van der Waals surface area contributed by atoms with Crippen LogP contribution in [0.5, 0.6) is 0 Å². The molecule has 0 spiro atoms. The Balaban J connectivity index is 1.84. The fraction of sp³-hybridized carbons (Fsp3) is 0.625. The summed E-state index contributed by atoms with van der Waals surface area (Å²) in [6, 6.07) is 7.15. The fourth-order valence-corrected chi connectivity index (χ4v) is 4.46. The van der Waals surface area contributed by atoms with Gasteiger partial charge in [-0.1, -0.05) is 34.8 Å². The van der Waals surface area contributed by atoms with Crippen molar-refractivity contribution in [3.63, 3.8) is 0 Å². The van der Waals surface area contributed by atoms with Gasteiger partial charge in [-0.3, -0.25) is 0 Å². The first-order valence-corrected chi connectivity index (χ1v) is 8.20. The minimum absolute atomic E-state index is 0.413. The smallest absolute Gasteiger partial charge is 0.0772 e. The van der Waals surface area contributed by atoms with Gasteiger partial charge in [0.25, 0.3) is 0 Å². The molecule has 1 aromatic rings. The van der Waals surface area contributed by atoms with Gasteiger partial charge in [0.15, 0.2) is 0 Å². The predicted molar refractivity (Wildman–Crippen MR) is 82.5 cm³/mol. The molecule has 19 heavy (non-hydrogen) atoms. The van der Waals surface area contributed by atoms with E-state index in [9.17, 15) is 5.11 Å². The number of nitrogens with zero attached hydrogens (tertiary/aromatic N) is 1. The molecule has 0 bridgehead atoms. The van der Waals surface area contributed by atoms with Gasteiger partial charge in [-0.05, 0) is 49.8 Å². The lowest BCUT2D eigenvalue weighted by atomic mass is 9.85. The molecule has 0 amide bonds. The van der Waals surface area contributed by atoms with Gasteiger partial charge >= 0.3 is 0 Å². The number of aliphatic hydroxyl groups excluding tert-OH is 1. The molecule has 0 aromatic heterocycles. The first-order valence-electron chi connectivity index (χ1n) is 7.41. The van der Waals surface area contributed by atoms with Crippen molar-refractivity contribution in [3.8, 4) is 0 Å². The normalized spacial score (nSPS) is 28.3. The van der Waals surface area contributed by atoms with Crippen LogP contribution in [0.25, 0.3) is 0 Å². The summed E-state index contributed by atoms with van der Waals surface area (Å²) >= 11 is 3.60. The highest BCUT2D eigenvalue weighted by Crippen LogP contribution is 2.40. The summed E-state index contributed by atoms with van der Waals surface area (Å²) in [6.45, 7) is 3.00. The Labute approximate surface area is 123 Å². The van der Waals surface area contributed by atoms with Crippen molar-refractivity contribution in [3.05, 3.63) is 28.2 Å². The number of rotatable bonds is 2. The Hall–Kier alpha value is -0.540. The molecule has 0 radical (unpaired) electrons. The highest BCUT2D eigenvalue weighted by molar-refractivity contribution is 9.10. The van der Waals surface area contributed by atoms with Gasteiger partial charge in [0, 0.05) is 22.7 Å². The summed E-state index contributed by atoms with van der Waals surface area (Å²) in [5.41, 5.74) is 2.29. The summed E-state index contributed by atoms with van der Waals surface area (Å²) in [4.78, 5) is 2.58. The van der Waals surface area contributed by atoms with Gasteiger partial charge in [0.2, 0.25) is 0 Å². The van der Waals surface area contributed by atoms with Crippen LogP contribution in [0.3, 0.4) is 0 Å². The van der Waals surface area contributed by atoms with Gasteiger partial charge < -0.3 is 10.0 Å². The Bertz CT molecular complexity index is 460. The van der Waals surface area contributed by atoms with Crippen molar-refractivity contribution in [2.75, 3.05) is 11.4 Å². The Kier molecular flexibility index (Phi) is 3.86. The van der Waals surface area contributed by atoms with Gasteiger partial charge in [0.05, 0.1) is 6.10 Å². The molecule has 2 nitrogen and oxygen atoms in total. The van der Waals surface area contributed by atoms with Gasteiger partial charge in [0.1, 0.15) is 0 Å². The average molecular weight is 324 g/mol. The van der Waals surface area contributed by atoms with E-state index in [-0.39, 0.29) is 0 Å². The van der Waals surface area contributed by atoms with Crippen molar-refractivity contribution >= 4 is 21.6 Å². The number of anilines is 1.